The zero-order chi connectivity index (χ0) is 15.7. The molecule has 120 valence electrons. The molecule has 0 saturated carbocycles. The molecule has 2 aliphatic heterocycles. The number of rotatable bonds is 3. The Hall–Kier alpha value is -1.89. The van der Waals surface area contributed by atoms with E-state index in [4.69, 9.17) is 9.47 Å². The second-order valence-electron chi connectivity index (χ2n) is 5.89. The molecule has 1 amide bonds. The SMILES string of the molecule is CO[C@@H]1CN(C(=O)C2=C(C)OCCC2)C[C@H]1c1cn(C)nn1. The molecule has 22 heavy (non-hydrogen) atoms. The second-order valence-corrected chi connectivity index (χ2v) is 5.89. The summed E-state index contributed by atoms with van der Waals surface area (Å²) in [6, 6.07) is 0. The molecule has 0 unspecified atom stereocenters. The summed E-state index contributed by atoms with van der Waals surface area (Å²) < 4.78 is 12.8. The highest BCUT2D eigenvalue weighted by Crippen LogP contribution is 2.30. The van der Waals surface area contributed by atoms with Gasteiger partial charge in [-0.1, -0.05) is 5.21 Å². The number of amides is 1. The molecule has 0 N–H and O–H groups in total. The number of methoxy groups -OCH3 is 1. The van der Waals surface area contributed by atoms with Crippen LogP contribution in [-0.2, 0) is 21.3 Å². The van der Waals surface area contributed by atoms with Gasteiger partial charge in [-0.05, 0) is 19.8 Å². The number of ether oxygens (including phenoxy) is 2. The van der Waals surface area contributed by atoms with Crippen molar-refractivity contribution in [3.8, 4) is 0 Å². The summed E-state index contributed by atoms with van der Waals surface area (Å²) in [5, 5.41) is 8.16. The first kappa shape index (κ1) is 15.0. The van der Waals surface area contributed by atoms with Crippen LogP contribution in [0.25, 0.3) is 0 Å². The Morgan fingerprint density at radius 3 is 2.91 bits per heavy atom. The molecule has 0 radical (unpaired) electrons. The molecule has 0 aromatic carbocycles. The Morgan fingerprint density at radius 2 is 2.27 bits per heavy atom. The van der Waals surface area contributed by atoms with Crippen molar-refractivity contribution in [3.05, 3.63) is 23.2 Å². The number of aromatic nitrogens is 3. The number of carbonyl (C=O) groups is 1. The van der Waals surface area contributed by atoms with Crippen LogP contribution in [0.4, 0.5) is 0 Å². The van der Waals surface area contributed by atoms with Crippen LogP contribution >= 0.6 is 0 Å². The van der Waals surface area contributed by atoms with Crippen molar-refractivity contribution in [1.82, 2.24) is 19.9 Å². The van der Waals surface area contributed by atoms with Crippen molar-refractivity contribution in [3.63, 3.8) is 0 Å². The van der Waals surface area contributed by atoms with Crippen molar-refractivity contribution in [1.29, 1.82) is 0 Å². The van der Waals surface area contributed by atoms with E-state index in [0.717, 1.165) is 29.9 Å². The zero-order valence-corrected chi connectivity index (χ0v) is 13.3. The van der Waals surface area contributed by atoms with Gasteiger partial charge < -0.3 is 14.4 Å². The van der Waals surface area contributed by atoms with E-state index >= 15 is 0 Å². The van der Waals surface area contributed by atoms with Gasteiger partial charge in [0.2, 0.25) is 0 Å². The van der Waals surface area contributed by atoms with E-state index in [1.165, 1.54) is 0 Å². The van der Waals surface area contributed by atoms with E-state index < -0.39 is 0 Å². The van der Waals surface area contributed by atoms with Crippen molar-refractivity contribution in [2.45, 2.75) is 31.8 Å². The largest absolute Gasteiger partial charge is 0.498 e. The number of likely N-dealkylation sites (tertiary alicyclic amines) is 1. The van der Waals surface area contributed by atoms with Crippen molar-refractivity contribution in [2.24, 2.45) is 7.05 Å². The average molecular weight is 306 g/mol. The lowest BCUT2D eigenvalue weighted by Crippen LogP contribution is -2.32. The number of carbonyl (C=O) groups excluding carboxylic acids is 1. The third-order valence-corrected chi connectivity index (χ3v) is 4.43. The summed E-state index contributed by atoms with van der Waals surface area (Å²) in [5.74, 6) is 0.881. The van der Waals surface area contributed by atoms with Gasteiger partial charge in [-0.15, -0.1) is 5.10 Å². The first-order valence-corrected chi connectivity index (χ1v) is 7.61. The fourth-order valence-electron chi connectivity index (χ4n) is 3.18. The van der Waals surface area contributed by atoms with Gasteiger partial charge >= 0.3 is 0 Å². The van der Waals surface area contributed by atoms with Crippen LogP contribution in [0, 0.1) is 0 Å². The van der Waals surface area contributed by atoms with Crippen LogP contribution in [-0.4, -0.2) is 58.7 Å². The summed E-state index contributed by atoms with van der Waals surface area (Å²) in [6.07, 6.45) is 3.52. The van der Waals surface area contributed by atoms with Crippen molar-refractivity contribution >= 4 is 5.91 Å². The highest BCUT2D eigenvalue weighted by atomic mass is 16.5. The van der Waals surface area contributed by atoms with Crippen molar-refractivity contribution in [2.75, 3.05) is 26.8 Å². The van der Waals surface area contributed by atoms with Gasteiger partial charge in [0.25, 0.3) is 5.91 Å². The number of allylic oxidation sites excluding steroid dienone is 1. The molecule has 7 nitrogen and oxygen atoms in total. The third kappa shape index (κ3) is 2.72. The molecule has 3 heterocycles. The highest BCUT2D eigenvalue weighted by molar-refractivity contribution is 5.94. The lowest BCUT2D eigenvalue weighted by Gasteiger charge is -2.23. The first-order valence-electron chi connectivity index (χ1n) is 7.61. The topological polar surface area (TPSA) is 69.5 Å². The summed E-state index contributed by atoms with van der Waals surface area (Å²) >= 11 is 0. The van der Waals surface area contributed by atoms with Gasteiger partial charge in [-0.2, -0.15) is 0 Å². The molecule has 3 rings (SSSR count). The van der Waals surface area contributed by atoms with Gasteiger partial charge in [-0.3, -0.25) is 9.48 Å². The van der Waals surface area contributed by atoms with Gasteiger partial charge in [-0.25, -0.2) is 0 Å². The normalized spacial score (nSPS) is 25.5. The molecule has 7 heteroatoms. The monoisotopic (exact) mass is 306 g/mol. The minimum atomic E-state index is -0.0499. The van der Waals surface area contributed by atoms with E-state index in [-0.39, 0.29) is 17.9 Å². The number of hydrogen-bond acceptors (Lipinski definition) is 5. The summed E-state index contributed by atoms with van der Waals surface area (Å²) in [6.45, 7) is 3.75. The lowest BCUT2D eigenvalue weighted by atomic mass is 10.0. The minimum Gasteiger partial charge on any atom is -0.498 e. The van der Waals surface area contributed by atoms with Gasteiger partial charge in [0.1, 0.15) is 5.76 Å². The van der Waals surface area contributed by atoms with Crippen LogP contribution in [0.1, 0.15) is 31.4 Å². The quantitative estimate of drug-likeness (QED) is 0.827. The lowest BCUT2D eigenvalue weighted by molar-refractivity contribution is -0.127. The molecule has 0 aliphatic carbocycles. The Labute approximate surface area is 129 Å². The van der Waals surface area contributed by atoms with Gasteiger partial charge in [0, 0.05) is 33.4 Å². The Bertz CT molecular complexity index is 595. The summed E-state index contributed by atoms with van der Waals surface area (Å²) in [4.78, 5) is 14.6. The number of aryl methyl sites for hydroxylation is 1. The second kappa shape index (κ2) is 6.08. The molecular formula is C15H22N4O3. The minimum absolute atomic E-state index is 0.0499. The maximum atomic E-state index is 12.7. The maximum absolute atomic E-state index is 12.7. The Morgan fingerprint density at radius 1 is 1.45 bits per heavy atom. The number of nitrogens with zero attached hydrogens (tertiary/aromatic N) is 4. The summed E-state index contributed by atoms with van der Waals surface area (Å²) in [7, 11) is 3.51. The van der Waals surface area contributed by atoms with E-state index in [9.17, 15) is 4.79 Å². The van der Waals surface area contributed by atoms with E-state index in [0.29, 0.717) is 19.7 Å². The molecule has 1 aromatic rings. The maximum Gasteiger partial charge on any atom is 0.253 e. The molecule has 0 spiro atoms. The van der Waals surface area contributed by atoms with E-state index in [1.54, 1.807) is 11.8 Å². The summed E-state index contributed by atoms with van der Waals surface area (Å²) in [5.41, 5.74) is 1.66. The molecule has 0 bridgehead atoms. The predicted octanol–water partition coefficient (Wildman–Crippen LogP) is 0.840. The smallest absolute Gasteiger partial charge is 0.253 e. The average Bonchev–Trinajstić information content (AvgIpc) is 3.12. The fourth-order valence-corrected chi connectivity index (χ4v) is 3.18. The van der Waals surface area contributed by atoms with Crippen LogP contribution in [0.15, 0.2) is 17.5 Å². The predicted molar refractivity (Wildman–Crippen MR) is 79.0 cm³/mol. The van der Waals surface area contributed by atoms with Crippen LogP contribution < -0.4 is 0 Å². The molecule has 1 fully saturated rings. The fraction of sp³-hybridized carbons (Fsp3) is 0.667. The first-order chi connectivity index (χ1) is 10.6. The molecule has 1 aromatic heterocycles. The standard InChI is InChI=1S/C15H22N4O3/c1-10-11(5-4-6-22-10)15(20)19-7-12(14(9-19)21-3)13-8-18(2)17-16-13/h8,12,14H,4-7,9H2,1-3H3/t12-,14+/m0/s1. The Kier molecular flexibility index (Phi) is 4.15. The van der Waals surface area contributed by atoms with Gasteiger partial charge in [0.15, 0.2) is 0 Å². The van der Waals surface area contributed by atoms with E-state index in [1.807, 2.05) is 25.1 Å². The highest BCUT2D eigenvalue weighted by Gasteiger charge is 2.39. The molecule has 2 aliphatic rings. The van der Waals surface area contributed by atoms with Crippen LogP contribution in [0.2, 0.25) is 0 Å². The third-order valence-electron chi connectivity index (χ3n) is 4.43. The van der Waals surface area contributed by atoms with Crippen molar-refractivity contribution < 1.29 is 14.3 Å². The van der Waals surface area contributed by atoms with Crippen LogP contribution in [0.3, 0.4) is 0 Å². The van der Waals surface area contributed by atoms with Crippen LogP contribution in [0.5, 0.6) is 0 Å². The molecule has 1 saturated heterocycles. The number of hydrogen-bond donors (Lipinski definition) is 0. The molecule has 2 atom stereocenters. The van der Waals surface area contributed by atoms with E-state index in [2.05, 4.69) is 10.3 Å². The Balaban J connectivity index is 1.78. The van der Waals surface area contributed by atoms with Gasteiger partial charge in [0.05, 0.1) is 29.9 Å². The molecular weight excluding hydrogens is 284 g/mol. The zero-order valence-electron chi connectivity index (χ0n) is 13.3.